The Kier molecular flexibility index (Phi) is 6.02. The fraction of sp³-hybridized carbons (Fsp3) is 0.324. The maximum absolute atomic E-state index is 14.7. The summed E-state index contributed by atoms with van der Waals surface area (Å²) in [6.07, 6.45) is 2.56. The number of rotatable bonds is 3. The molecule has 2 aromatic carbocycles. The number of aromatic nitrogens is 2. The summed E-state index contributed by atoms with van der Waals surface area (Å²) in [5, 5.41) is 20.0. The van der Waals surface area contributed by atoms with Gasteiger partial charge in [0.1, 0.15) is 17.3 Å². The highest BCUT2D eigenvalue weighted by atomic mass is 35.5. The number of phenolic OH excluding ortho intramolecular Hbond substituents is 1. The van der Waals surface area contributed by atoms with Gasteiger partial charge in [-0.1, -0.05) is 41.4 Å². The predicted molar refractivity (Wildman–Crippen MR) is 170 cm³/mol. The van der Waals surface area contributed by atoms with E-state index in [1.54, 1.807) is 60.3 Å². The smallest absolute Gasteiger partial charge is 0.242 e. The highest BCUT2D eigenvalue weighted by Crippen LogP contribution is 2.64. The fourth-order valence-corrected chi connectivity index (χ4v) is 9.75. The van der Waals surface area contributed by atoms with Crippen LogP contribution in [-0.2, 0) is 26.2 Å². The number of nitrogens with zero attached hydrogens (tertiary/aromatic N) is 3. The third-order valence-electron chi connectivity index (χ3n) is 10.6. The summed E-state index contributed by atoms with van der Waals surface area (Å²) in [4.78, 5) is 57.1. The topological polar surface area (TPSA) is 122 Å². The number of phenols is 1. The monoisotopic (exact) mass is 640 g/mol. The zero-order valence-corrected chi connectivity index (χ0v) is 26.3. The first-order valence-electron chi connectivity index (χ1n) is 14.9. The Morgan fingerprint density at radius 2 is 1.84 bits per heavy atom. The normalized spacial score (nSPS) is 29.1. The van der Waals surface area contributed by atoms with Crippen LogP contribution < -0.4 is 10.2 Å². The molecule has 2 saturated heterocycles. The highest BCUT2D eigenvalue weighted by molar-refractivity contribution is 7.22. The van der Waals surface area contributed by atoms with Crippen molar-refractivity contribution in [3.05, 3.63) is 76.3 Å². The Bertz CT molecular complexity index is 2050. The van der Waals surface area contributed by atoms with Gasteiger partial charge in [0.15, 0.2) is 0 Å². The molecular formula is C34H29ClN4O5S. The SMILES string of the molecule is Cc1c(-c2cc(N3C(=O)C4CC5C(=CCC6C(=O)NC(=O)C65)C(c5ccccc5O)C4(C)C3=O)n(C)n2)sc2ccc(Cl)cc12. The number of nitrogens with one attached hydrogen (secondary N) is 1. The molecule has 45 heavy (non-hydrogen) atoms. The summed E-state index contributed by atoms with van der Waals surface area (Å²) in [7, 11) is 1.71. The molecule has 9 nitrogen and oxygen atoms in total. The minimum Gasteiger partial charge on any atom is -0.508 e. The van der Waals surface area contributed by atoms with Crippen molar-refractivity contribution in [3.8, 4) is 16.3 Å². The van der Waals surface area contributed by atoms with Crippen LogP contribution in [-0.4, -0.2) is 38.5 Å². The molecule has 2 aromatic heterocycles. The van der Waals surface area contributed by atoms with Crippen LogP contribution in [0.1, 0.15) is 36.8 Å². The van der Waals surface area contributed by atoms with Crippen LogP contribution >= 0.6 is 22.9 Å². The third-order valence-corrected chi connectivity index (χ3v) is 12.1. The molecule has 0 radical (unpaired) electrons. The van der Waals surface area contributed by atoms with Gasteiger partial charge in [0.2, 0.25) is 23.6 Å². The van der Waals surface area contributed by atoms with Gasteiger partial charge < -0.3 is 5.11 Å². The van der Waals surface area contributed by atoms with Gasteiger partial charge in [0.25, 0.3) is 0 Å². The molecule has 6 unspecified atom stereocenters. The summed E-state index contributed by atoms with van der Waals surface area (Å²) < 4.78 is 2.61. The van der Waals surface area contributed by atoms with E-state index in [-0.39, 0.29) is 35.8 Å². The molecule has 2 aliphatic heterocycles. The average molecular weight is 641 g/mol. The van der Waals surface area contributed by atoms with Gasteiger partial charge in [-0.05, 0) is 67.8 Å². The van der Waals surface area contributed by atoms with Gasteiger partial charge in [0.05, 0.1) is 28.0 Å². The quantitative estimate of drug-likeness (QED) is 0.226. The van der Waals surface area contributed by atoms with E-state index in [9.17, 15) is 24.3 Å². The molecule has 6 atom stereocenters. The number of carbonyl (C=O) groups excluding carboxylic acids is 4. The number of allylic oxidation sites excluding steroid dienone is 2. The predicted octanol–water partition coefficient (Wildman–Crippen LogP) is 5.49. The Labute approximate surface area is 267 Å². The van der Waals surface area contributed by atoms with E-state index in [2.05, 4.69) is 5.32 Å². The molecular weight excluding hydrogens is 612 g/mol. The molecule has 0 spiro atoms. The Morgan fingerprint density at radius 3 is 2.62 bits per heavy atom. The summed E-state index contributed by atoms with van der Waals surface area (Å²) in [6, 6.07) is 14.4. The van der Waals surface area contributed by atoms with Gasteiger partial charge >= 0.3 is 0 Å². The van der Waals surface area contributed by atoms with Crippen LogP contribution in [0.2, 0.25) is 5.02 Å². The zero-order valence-electron chi connectivity index (χ0n) is 24.7. The van der Waals surface area contributed by atoms with Crippen LogP contribution in [0, 0.1) is 36.0 Å². The minimum atomic E-state index is -1.25. The maximum Gasteiger partial charge on any atom is 0.242 e. The number of anilines is 1. The van der Waals surface area contributed by atoms with E-state index in [0.717, 1.165) is 26.1 Å². The van der Waals surface area contributed by atoms with Crippen molar-refractivity contribution < 1.29 is 24.3 Å². The first kappa shape index (κ1) is 28.2. The van der Waals surface area contributed by atoms with Crippen molar-refractivity contribution >= 4 is 62.5 Å². The largest absolute Gasteiger partial charge is 0.508 e. The molecule has 4 aliphatic rings. The number of para-hydroxylation sites is 1. The molecule has 4 aromatic rings. The number of halogens is 1. The van der Waals surface area contributed by atoms with Crippen molar-refractivity contribution in [2.45, 2.75) is 32.6 Å². The van der Waals surface area contributed by atoms with Crippen molar-refractivity contribution in [2.75, 3.05) is 4.90 Å². The lowest BCUT2D eigenvalue weighted by Gasteiger charge is -2.49. The van der Waals surface area contributed by atoms with Crippen molar-refractivity contribution in [3.63, 3.8) is 0 Å². The van der Waals surface area contributed by atoms with E-state index in [4.69, 9.17) is 16.7 Å². The van der Waals surface area contributed by atoms with Crippen molar-refractivity contribution in [1.29, 1.82) is 0 Å². The van der Waals surface area contributed by atoms with Crippen molar-refractivity contribution in [1.82, 2.24) is 15.1 Å². The van der Waals surface area contributed by atoms with Gasteiger partial charge in [-0.2, -0.15) is 5.10 Å². The number of aromatic hydroxyl groups is 1. The Hall–Kier alpha value is -4.28. The van der Waals surface area contributed by atoms with Gasteiger partial charge in [0, 0.05) is 34.3 Å². The minimum absolute atomic E-state index is 0.0138. The number of imide groups is 2. The molecule has 2 aliphatic carbocycles. The van der Waals surface area contributed by atoms with Crippen LogP contribution in [0.5, 0.6) is 5.75 Å². The summed E-state index contributed by atoms with van der Waals surface area (Å²) in [5.41, 5.74) is 1.75. The second kappa shape index (κ2) is 9.61. The summed E-state index contributed by atoms with van der Waals surface area (Å²) in [6.45, 7) is 3.80. The lowest BCUT2D eigenvalue weighted by molar-refractivity contribution is -0.131. The molecule has 228 valence electrons. The first-order chi connectivity index (χ1) is 21.5. The summed E-state index contributed by atoms with van der Waals surface area (Å²) >= 11 is 7.84. The van der Waals surface area contributed by atoms with Crippen LogP contribution in [0.15, 0.2) is 60.2 Å². The molecule has 4 amide bonds. The molecule has 11 heteroatoms. The van der Waals surface area contributed by atoms with Gasteiger partial charge in [-0.3, -0.25) is 29.2 Å². The van der Waals surface area contributed by atoms with Crippen molar-refractivity contribution in [2.24, 2.45) is 36.1 Å². The standard InChI is InChI=1S/C34H29ClN4O5S/c1-15-20-12-16(35)8-11-25(20)45-29(15)23-14-26(38(3)37-23)39-32(43)22-13-21-17(9-10-19-27(21)31(42)36-30(19)41)28(34(22,2)33(39)44)18-6-4-5-7-24(18)40/h4-9,11-12,14,19,21-22,27-28,40H,10,13H2,1-3H3,(H,36,41,42). The zero-order chi connectivity index (χ0) is 31.5. The van der Waals surface area contributed by atoms with E-state index in [1.807, 2.05) is 31.2 Å². The highest BCUT2D eigenvalue weighted by Gasteiger charge is 2.67. The summed E-state index contributed by atoms with van der Waals surface area (Å²) in [5.74, 6) is -4.05. The van der Waals surface area contributed by atoms with Crippen LogP contribution in [0.25, 0.3) is 20.7 Å². The molecule has 4 heterocycles. The number of fused-ring (bicyclic) bond motifs is 5. The molecule has 1 saturated carbocycles. The van der Waals surface area contributed by atoms with E-state index in [1.165, 1.54) is 4.90 Å². The molecule has 3 fully saturated rings. The number of hydrogen-bond donors (Lipinski definition) is 2. The number of thiophene rings is 1. The van der Waals surface area contributed by atoms with Gasteiger partial charge in [-0.15, -0.1) is 11.3 Å². The average Bonchev–Trinajstić information content (AvgIpc) is 3.69. The molecule has 8 rings (SSSR count). The number of benzene rings is 2. The lowest BCUT2D eigenvalue weighted by Crippen LogP contribution is -2.48. The number of aryl methyl sites for hydroxylation is 2. The number of carbonyl (C=O) groups is 4. The first-order valence-corrected chi connectivity index (χ1v) is 16.1. The third kappa shape index (κ3) is 3.75. The van der Waals surface area contributed by atoms with Crippen LogP contribution in [0.3, 0.4) is 0 Å². The fourth-order valence-electron chi connectivity index (χ4n) is 8.44. The van der Waals surface area contributed by atoms with E-state index >= 15 is 0 Å². The Morgan fingerprint density at radius 1 is 1.07 bits per heavy atom. The maximum atomic E-state index is 14.7. The van der Waals surface area contributed by atoms with Gasteiger partial charge in [-0.25, -0.2) is 4.90 Å². The molecule has 0 bridgehead atoms. The number of hydrogen-bond acceptors (Lipinski definition) is 7. The van der Waals surface area contributed by atoms with Crippen LogP contribution in [0.4, 0.5) is 5.82 Å². The van der Waals surface area contributed by atoms with E-state index < -0.39 is 35.0 Å². The Balaban J connectivity index is 1.26. The second-order valence-electron chi connectivity index (χ2n) is 12.8. The molecule has 2 N–H and O–H groups in total. The van der Waals surface area contributed by atoms with E-state index in [0.29, 0.717) is 28.5 Å². The lowest BCUT2D eigenvalue weighted by atomic mass is 9.51. The number of amides is 4. The second-order valence-corrected chi connectivity index (χ2v) is 14.3.